The van der Waals surface area contributed by atoms with Crippen LogP contribution in [0.15, 0.2) is 24.3 Å². The van der Waals surface area contributed by atoms with E-state index >= 15 is 0 Å². The predicted octanol–water partition coefficient (Wildman–Crippen LogP) is 4.53. The zero-order valence-electron chi connectivity index (χ0n) is 53.8. The van der Waals surface area contributed by atoms with Gasteiger partial charge in [-0.2, -0.15) is 5.21 Å². The van der Waals surface area contributed by atoms with Crippen molar-refractivity contribution in [1.29, 1.82) is 0 Å². The summed E-state index contributed by atoms with van der Waals surface area (Å²) in [6.45, 7) is 3.03. The number of ketones is 2. The molecule has 520 valence electrons. The number of aromatic nitrogens is 4. The van der Waals surface area contributed by atoms with Gasteiger partial charge in [0.1, 0.15) is 31.1 Å². The van der Waals surface area contributed by atoms with E-state index in [1.165, 1.54) is 44.9 Å². The molecule has 0 fully saturated rings. The number of H-pyrrole nitrogens is 1. The summed E-state index contributed by atoms with van der Waals surface area (Å²) in [5.41, 5.74) is 6.95. The number of anilines is 1. The number of aromatic amines is 1. The SMILES string of the molecule is CCCCNc1ccc(C(=O)NCCCC[C@H](NC(=O)COCCOCCCC(=O)CCC(NC(=O)CC[C@H](CC(=O)COCCOCCNC(=O)CCCS(=O)(=O)NC(=O)CCCCCCCCCCCCCCCc2nn[nH]n2)C(=O)O)C(=O)O)C(N)=O)cc1. The van der Waals surface area contributed by atoms with Crippen LogP contribution in [0.1, 0.15) is 203 Å². The second-order valence-corrected chi connectivity index (χ2v) is 24.5. The number of aliphatic carboxylic acids is 2. The Morgan fingerprint density at radius 3 is 1.79 bits per heavy atom. The smallest absolute Gasteiger partial charge is 0.326 e. The standard InChI is InChI=1S/C62H103N11O18S/c1-2-3-34-64-49-29-26-47(27-30-49)60(81)66-35-18-17-22-52(59(63)80)67-58(79)46-91-42-39-88-37-19-21-50(74)31-32-53(62(84)85)68-56(77)33-28-48(61(82)83)44-51(75)45-90-41-40-89-38-36-65-55(76)25-20-43-92(86,87)71-57(78)24-16-14-12-10-8-6-4-5-7-9-11-13-15-23-54-69-72-73-70-54/h26-27,29-30,48,52-53,64H,2-25,28,31-46H2,1H3,(H2,63,80)(H,65,76)(H,66,81)(H,67,79)(H,68,77)(H,71,78)(H,82,83)(H,84,85)(H,69,70,72,73)/t48-,52+,53?/m1/s1. The number of hydrogen-bond acceptors (Lipinski definition) is 20. The molecule has 0 aliphatic rings. The van der Waals surface area contributed by atoms with Crippen molar-refractivity contribution in [1.82, 2.24) is 46.6 Å². The van der Waals surface area contributed by atoms with Crippen LogP contribution in [0.25, 0.3) is 0 Å². The van der Waals surface area contributed by atoms with Crippen LogP contribution in [0.4, 0.5) is 5.69 Å². The van der Waals surface area contributed by atoms with E-state index in [-0.39, 0.29) is 122 Å². The third-order valence-corrected chi connectivity index (χ3v) is 16.0. The van der Waals surface area contributed by atoms with Crippen molar-refractivity contribution in [2.75, 3.05) is 83.6 Å². The molecule has 2 aromatic rings. The summed E-state index contributed by atoms with van der Waals surface area (Å²) >= 11 is 0. The van der Waals surface area contributed by atoms with Crippen molar-refractivity contribution >= 4 is 74.7 Å². The lowest BCUT2D eigenvalue weighted by molar-refractivity contribution is -0.145. The van der Waals surface area contributed by atoms with Crippen LogP contribution in [0.3, 0.4) is 0 Å². The molecule has 30 heteroatoms. The van der Waals surface area contributed by atoms with Crippen LogP contribution < -0.4 is 37.0 Å². The Bertz CT molecular complexity index is 2560. The highest BCUT2D eigenvalue weighted by Gasteiger charge is 2.26. The Labute approximate surface area is 540 Å². The largest absolute Gasteiger partial charge is 0.481 e. The molecule has 1 unspecified atom stereocenters. The summed E-state index contributed by atoms with van der Waals surface area (Å²) in [5, 5.41) is 46.9. The van der Waals surface area contributed by atoms with Crippen LogP contribution >= 0.6 is 0 Å². The Hall–Kier alpha value is -7.02. The van der Waals surface area contributed by atoms with Gasteiger partial charge < -0.3 is 61.5 Å². The highest BCUT2D eigenvalue weighted by molar-refractivity contribution is 7.90. The number of ether oxygens (including phenoxy) is 4. The highest BCUT2D eigenvalue weighted by atomic mass is 32.2. The first-order chi connectivity index (χ1) is 44.3. The van der Waals surface area contributed by atoms with Crippen molar-refractivity contribution in [3.8, 4) is 0 Å². The fourth-order valence-electron chi connectivity index (χ4n) is 9.37. The molecular weight excluding hydrogens is 1220 g/mol. The molecule has 0 saturated heterocycles. The minimum absolute atomic E-state index is 0.00711. The van der Waals surface area contributed by atoms with Gasteiger partial charge in [-0.25, -0.2) is 13.2 Å². The minimum atomic E-state index is -3.89. The van der Waals surface area contributed by atoms with Crippen LogP contribution in [0, 0.1) is 5.92 Å². The van der Waals surface area contributed by atoms with Crippen LogP contribution in [-0.4, -0.2) is 189 Å². The summed E-state index contributed by atoms with van der Waals surface area (Å²) in [4.78, 5) is 123. The van der Waals surface area contributed by atoms with Crippen molar-refractivity contribution in [3.63, 3.8) is 0 Å². The van der Waals surface area contributed by atoms with Gasteiger partial charge in [0.15, 0.2) is 11.6 Å². The van der Waals surface area contributed by atoms with Crippen molar-refractivity contribution in [2.45, 2.75) is 205 Å². The van der Waals surface area contributed by atoms with Crippen molar-refractivity contribution in [2.24, 2.45) is 11.7 Å². The maximum Gasteiger partial charge on any atom is 0.326 e. The van der Waals surface area contributed by atoms with Gasteiger partial charge in [0, 0.05) is 82.4 Å². The number of carboxylic acid groups (broad SMARTS) is 2. The monoisotopic (exact) mass is 1320 g/mol. The van der Waals surface area contributed by atoms with Crippen LogP contribution in [-0.2, 0) is 78.5 Å². The summed E-state index contributed by atoms with van der Waals surface area (Å²) in [6, 6.07) is 4.84. The number of carbonyl (C=O) groups is 10. The van der Waals surface area contributed by atoms with Gasteiger partial charge in [0.05, 0.1) is 44.7 Å². The number of sulfonamides is 1. The van der Waals surface area contributed by atoms with E-state index in [0.717, 1.165) is 69.4 Å². The predicted molar refractivity (Wildman–Crippen MR) is 340 cm³/mol. The topological polar surface area (TPSA) is 435 Å². The van der Waals surface area contributed by atoms with Gasteiger partial charge in [-0.1, -0.05) is 89.2 Å². The molecule has 92 heavy (non-hydrogen) atoms. The number of hydrogen-bond donors (Lipinski definition) is 10. The third-order valence-electron chi connectivity index (χ3n) is 14.6. The molecule has 0 saturated carbocycles. The van der Waals surface area contributed by atoms with Gasteiger partial charge in [-0.3, -0.25) is 47.9 Å². The minimum Gasteiger partial charge on any atom is -0.481 e. The number of nitrogens with one attached hydrogen (secondary N) is 7. The van der Waals surface area contributed by atoms with Crippen LogP contribution in [0.2, 0.25) is 0 Å². The lowest BCUT2D eigenvalue weighted by Crippen LogP contribution is -2.45. The molecule has 0 aliphatic heterocycles. The Morgan fingerprint density at radius 2 is 1.16 bits per heavy atom. The highest BCUT2D eigenvalue weighted by Crippen LogP contribution is 2.16. The summed E-state index contributed by atoms with van der Waals surface area (Å²) in [5.74, 6) is -7.67. The molecule has 29 nitrogen and oxygen atoms in total. The number of benzene rings is 1. The first-order valence-corrected chi connectivity index (χ1v) is 34.3. The number of primary amides is 1. The Balaban J connectivity index is 1.44. The van der Waals surface area contributed by atoms with E-state index in [0.29, 0.717) is 37.8 Å². The first-order valence-electron chi connectivity index (χ1n) is 32.6. The van der Waals surface area contributed by atoms with E-state index in [1.807, 2.05) is 12.1 Å². The maximum absolute atomic E-state index is 12.6. The molecule has 1 aromatic carbocycles. The van der Waals surface area contributed by atoms with E-state index in [1.54, 1.807) is 12.1 Å². The second kappa shape index (κ2) is 51.5. The molecular formula is C62H103N11O18S. The molecule has 1 heterocycles. The fraction of sp³-hybridized carbons (Fsp3) is 0.726. The summed E-state index contributed by atoms with van der Waals surface area (Å²) in [7, 11) is -3.89. The Kier molecular flexibility index (Phi) is 45.4. The molecule has 0 bridgehead atoms. The average Bonchev–Trinajstić information content (AvgIpc) is 1.83. The number of nitrogens with zero attached hydrogens (tertiary/aromatic N) is 3. The number of unbranched alkanes of at least 4 members (excludes halogenated alkanes) is 14. The van der Waals surface area contributed by atoms with Crippen molar-refractivity contribution < 1.29 is 85.5 Å². The van der Waals surface area contributed by atoms with E-state index in [9.17, 15) is 66.6 Å². The van der Waals surface area contributed by atoms with E-state index < -0.39 is 94.7 Å². The number of carboxylic acids is 2. The number of amides is 6. The zero-order valence-corrected chi connectivity index (χ0v) is 54.6. The number of rotatable bonds is 61. The molecule has 1 aromatic heterocycles. The summed E-state index contributed by atoms with van der Waals surface area (Å²) in [6.07, 6.45) is 17.4. The number of Topliss-reactive ketones (excluding diaryl/α,β-unsaturated/α-hetero) is 2. The van der Waals surface area contributed by atoms with Gasteiger partial charge in [-0.15, -0.1) is 10.2 Å². The van der Waals surface area contributed by atoms with Gasteiger partial charge in [0.2, 0.25) is 39.6 Å². The molecule has 0 radical (unpaired) electrons. The van der Waals surface area contributed by atoms with E-state index in [4.69, 9.17) is 24.7 Å². The number of nitrogens with two attached hydrogens (primary N) is 1. The zero-order chi connectivity index (χ0) is 67.5. The molecule has 3 atom stereocenters. The Morgan fingerprint density at radius 1 is 0.543 bits per heavy atom. The molecule has 0 aliphatic carbocycles. The van der Waals surface area contributed by atoms with Crippen molar-refractivity contribution in [3.05, 3.63) is 35.7 Å². The summed E-state index contributed by atoms with van der Waals surface area (Å²) < 4.78 is 48.3. The van der Waals surface area contributed by atoms with Gasteiger partial charge >= 0.3 is 11.9 Å². The van der Waals surface area contributed by atoms with Crippen LogP contribution in [0.5, 0.6) is 0 Å². The first kappa shape index (κ1) is 81.1. The molecule has 11 N–H and O–H groups in total. The molecule has 0 spiro atoms. The lowest BCUT2D eigenvalue weighted by Gasteiger charge is -2.16. The third kappa shape index (κ3) is 43.7. The van der Waals surface area contributed by atoms with E-state index in [2.05, 4.69) is 58.9 Å². The number of tetrazole rings is 1. The quantitative estimate of drug-likeness (QED) is 0.0406. The van der Waals surface area contributed by atoms with Gasteiger partial charge in [0.25, 0.3) is 5.91 Å². The normalized spacial score (nSPS) is 12.3. The average molecular weight is 1320 g/mol. The second-order valence-electron chi connectivity index (χ2n) is 22.6. The molecule has 6 amide bonds. The molecule has 2 rings (SSSR count). The fourth-order valence-corrected chi connectivity index (χ4v) is 10.4. The lowest BCUT2D eigenvalue weighted by atomic mass is 9.97. The van der Waals surface area contributed by atoms with Gasteiger partial charge in [-0.05, 0) is 88.5 Å². The number of carbonyl (C=O) groups excluding carboxylic acids is 8. The number of aryl methyl sites for hydroxylation is 1. The maximum atomic E-state index is 12.6.